The van der Waals surface area contributed by atoms with E-state index in [1.54, 1.807) is 0 Å². The molecule has 1 saturated heterocycles. The number of nitrogens with zero attached hydrogens (tertiary/aromatic N) is 1. The molecular formula is C16H24N2O. The standard InChI is InChI=1S/C16H24N2O/c1-12(17)13-6-8-18(9-7-13)11-15-10-14-4-2-3-5-16(14)19-15/h2-5,12-13,15H,6-11,17H2,1H3. The van der Waals surface area contributed by atoms with E-state index in [0.29, 0.717) is 18.1 Å². The quantitative estimate of drug-likeness (QED) is 0.904. The molecule has 0 spiro atoms. The lowest BCUT2D eigenvalue weighted by Gasteiger charge is -2.34. The summed E-state index contributed by atoms with van der Waals surface area (Å²) in [6.45, 7) is 5.53. The minimum Gasteiger partial charge on any atom is -0.488 e. The molecule has 3 nitrogen and oxygen atoms in total. The molecule has 0 aromatic heterocycles. The highest BCUT2D eigenvalue weighted by atomic mass is 16.5. The second-order valence-electron chi connectivity index (χ2n) is 6.05. The van der Waals surface area contributed by atoms with Crippen molar-refractivity contribution in [3.8, 4) is 5.75 Å². The molecular weight excluding hydrogens is 236 g/mol. The van der Waals surface area contributed by atoms with Gasteiger partial charge in [-0.2, -0.15) is 0 Å². The summed E-state index contributed by atoms with van der Waals surface area (Å²) in [5.74, 6) is 1.79. The molecule has 2 aliphatic rings. The predicted octanol–water partition coefficient (Wildman–Crippen LogP) is 2.05. The van der Waals surface area contributed by atoms with Crippen LogP contribution in [0.5, 0.6) is 5.75 Å². The number of nitrogens with two attached hydrogens (primary N) is 1. The van der Waals surface area contributed by atoms with E-state index in [1.807, 2.05) is 0 Å². The van der Waals surface area contributed by atoms with Crippen molar-refractivity contribution < 1.29 is 4.74 Å². The molecule has 19 heavy (non-hydrogen) atoms. The molecule has 1 fully saturated rings. The van der Waals surface area contributed by atoms with Gasteiger partial charge in [0, 0.05) is 19.0 Å². The first-order valence-electron chi connectivity index (χ1n) is 7.45. The molecule has 0 bridgehead atoms. The minimum atomic E-state index is 0.337. The van der Waals surface area contributed by atoms with Crippen LogP contribution in [0.1, 0.15) is 25.3 Å². The Balaban J connectivity index is 1.50. The average molecular weight is 260 g/mol. The normalized spacial score (nSPS) is 25.9. The Bertz CT molecular complexity index is 400. The van der Waals surface area contributed by atoms with Gasteiger partial charge in [0.05, 0.1) is 0 Å². The van der Waals surface area contributed by atoms with Crippen LogP contribution in [0, 0.1) is 5.92 Å². The Kier molecular flexibility index (Phi) is 3.76. The number of para-hydroxylation sites is 1. The van der Waals surface area contributed by atoms with Crippen molar-refractivity contribution in [3.05, 3.63) is 29.8 Å². The topological polar surface area (TPSA) is 38.5 Å². The molecule has 0 saturated carbocycles. The average Bonchev–Trinajstić information content (AvgIpc) is 2.81. The number of ether oxygens (including phenoxy) is 1. The molecule has 1 aromatic rings. The van der Waals surface area contributed by atoms with Gasteiger partial charge < -0.3 is 10.5 Å². The number of piperidine rings is 1. The monoisotopic (exact) mass is 260 g/mol. The molecule has 2 aliphatic heterocycles. The first-order valence-corrected chi connectivity index (χ1v) is 7.45. The van der Waals surface area contributed by atoms with Crippen molar-refractivity contribution in [1.82, 2.24) is 4.90 Å². The van der Waals surface area contributed by atoms with Crippen molar-refractivity contribution in [1.29, 1.82) is 0 Å². The van der Waals surface area contributed by atoms with Gasteiger partial charge in [-0.05, 0) is 50.4 Å². The van der Waals surface area contributed by atoms with Gasteiger partial charge in [-0.1, -0.05) is 18.2 Å². The molecule has 3 rings (SSSR count). The van der Waals surface area contributed by atoms with E-state index in [9.17, 15) is 0 Å². The maximum absolute atomic E-state index is 6.02. The summed E-state index contributed by atoms with van der Waals surface area (Å²) in [4.78, 5) is 2.54. The van der Waals surface area contributed by atoms with Crippen LogP contribution >= 0.6 is 0 Å². The highest BCUT2D eigenvalue weighted by Crippen LogP contribution is 2.29. The van der Waals surface area contributed by atoms with Crippen LogP contribution in [0.2, 0.25) is 0 Å². The molecule has 2 atom stereocenters. The van der Waals surface area contributed by atoms with Crippen LogP contribution in [0.15, 0.2) is 24.3 Å². The van der Waals surface area contributed by atoms with Gasteiger partial charge in [0.1, 0.15) is 11.9 Å². The van der Waals surface area contributed by atoms with Gasteiger partial charge in [-0.3, -0.25) is 4.90 Å². The van der Waals surface area contributed by atoms with Crippen molar-refractivity contribution in [2.45, 2.75) is 38.3 Å². The number of hydrogen-bond acceptors (Lipinski definition) is 3. The van der Waals surface area contributed by atoms with Gasteiger partial charge >= 0.3 is 0 Å². The number of fused-ring (bicyclic) bond motifs is 1. The van der Waals surface area contributed by atoms with Crippen molar-refractivity contribution >= 4 is 0 Å². The van der Waals surface area contributed by atoms with Crippen molar-refractivity contribution in [3.63, 3.8) is 0 Å². The van der Waals surface area contributed by atoms with Crippen LogP contribution in [0.3, 0.4) is 0 Å². The Labute approximate surface area is 115 Å². The van der Waals surface area contributed by atoms with E-state index in [4.69, 9.17) is 10.5 Å². The Hall–Kier alpha value is -1.06. The van der Waals surface area contributed by atoms with Crippen LogP contribution in [-0.2, 0) is 6.42 Å². The second kappa shape index (κ2) is 5.51. The summed E-state index contributed by atoms with van der Waals surface area (Å²) in [5.41, 5.74) is 7.35. The Morgan fingerprint density at radius 2 is 2.05 bits per heavy atom. The maximum Gasteiger partial charge on any atom is 0.123 e. The van der Waals surface area contributed by atoms with Gasteiger partial charge in [0.2, 0.25) is 0 Å². The third-order valence-electron chi connectivity index (χ3n) is 4.55. The Morgan fingerprint density at radius 1 is 1.32 bits per heavy atom. The molecule has 2 heterocycles. The minimum absolute atomic E-state index is 0.337. The lowest BCUT2D eigenvalue weighted by molar-refractivity contribution is 0.112. The van der Waals surface area contributed by atoms with E-state index in [1.165, 1.54) is 31.5 Å². The molecule has 104 valence electrons. The molecule has 0 aliphatic carbocycles. The maximum atomic E-state index is 6.02. The van der Waals surface area contributed by atoms with Crippen molar-refractivity contribution in [2.24, 2.45) is 11.7 Å². The highest BCUT2D eigenvalue weighted by Gasteiger charge is 2.27. The summed E-state index contributed by atoms with van der Waals surface area (Å²) in [5, 5.41) is 0. The van der Waals surface area contributed by atoms with Gasteiger partial charge in [-0.25, -0.2) is 0 Å². The van der Waals surface area contributed by atoms with Crippen LogP contribution < -0.4 is 10.5 Å². The van der Waals surface area contributed by atoms with Crippen LogP contribution in [0.25, 0.3) is 0 Å². The first kappa shape index (κ1) is 12.9. The van der Waals surface area contributed by atoms with Gasteiger partial charge in [0.15, 0.2) is 0 Å². The third kappa shape index (κ3) is 2.93. The largest absolute Gasteiger partial charge is 0.488 e. The molecule has 2 N–H and O–H groups in total. The molecule has 0 amide bonds. The van der Waals surface area contributed by atoms with Crippen LogP contribution in [0.4, 0.5) is 0 Å². The molecule has 3 heteroatoms. The van der Waals surface area contributed by atoms with E-state index < -0.39 is 0 Å². The molecule has 2 unspecified atom stereocenters. The predicted molar refractivity (Wildman–Crippen MR) is 77.4 cm³/mol. The molecule has 1 aromatic carbocycles. The zero-order valence-electron chi connectivity index (χ0n) is 11.7. The summed E-state index contributed by atoms with van der Waals surface area (Å²) in [6, 6.07) is 8.75. The SMILES string of the molecule is CC(N)C1CCN(CC2Cc3ccccc3O2)CC1. The molecule has 0 radical (unpaired) electrons. The smallest absolute Gasteiger partial charge is 0.123 e. The fourth-order valence-electron chi connectivity index (χ4n) is 3.31. The number of hydrogen-bond donors (Lipinski definition) is 1. The summed E-state index contributed by atoms with van der Waals surface area (Å²) < 4.78 is 6.02. The fraction of sp³-hybridized carbons (Fsp3) is 0.625. The fourth-order valence-corrected chi connectivity index (χ4v) is 3.31. The highest BCUT2D eigenvalue weighted by molar-refractivity contribution is 5.37. The summed E-state index contributed by atoms with van der Waals surface area (Å²) in [6.07, 6.45) is 3.86. The van der Waals surface area contributed by atoms with E-state index in [2.05, 4.69) is 36.1 Å². The zero-order chi connectivity index (χ0) is 13.2. The Morgan fingerprint density at radius 3 is 2.74 bits per heavy atom. The van der Waals surface area contributed by atoms with Gasteiger partial charge in [0.25, 0.3) is 0 Å². The van der Waals surface area contributed by atoms with Gasteiger partial charge in [-0.15, -0.1) is 0 Å². The van der Waals surface area contributed by atoms with E-state index >= 15 is 0 Å². The number of likely N-dealkylation sites (tertiary alicyclic amines) is 1. The lowest BCUT2D eigenvalue weighted by atomic mass is 9.91. The number of rotatable bonds is 3. The van der Waals surface area contributed by atoms with E-state index in [0.717, 1.165) is 18.7 Å². The number of benzene rings is 1. The third-order valence-corrected chi connectivity index (χ3v) is 4.55. The summed E-state index contributed by atoms with van der Waals surface area (Å²) >= 11 is 0. The van der Waals surface area contributed by atoms with Crippen LogP contribution in [-0.4, -0.2) is 36.7 Å². The lowest BCUT2D eigenvalue weighted by Crippen LogP contribution is -2.43. The first-order chi connectivity index (χ1) is 9.22. The van der Waals surface area contributed by atoms with E-state index in [-0.39, 0.29) is 0 Å². The zero-order valence-corrected chi connectivity index (χ0v) is 11.7. The van der Waals surface area contributed by atoms with Crippen molar-refractivity contribution in [2.75, 3.05) is 19.6 Å². The summed E-state index contributed by atoms with van der Waals surface area (Å²) in [7, 11) is 0. The second-order valence-corrected chi connectivity index (χ2v) is 6.05.